The summed E-state index contributed by atoms with van der Waals surface area (Å²) in [5, 5.41) is 6.66. The first-order valence-corrected chi connectivity index (χ1v) is 10.8. The minimum Gasteiger partial charge on any atom is -0.493 e. The molecule has 2 aromatic carbocycles. The quantitative estimate of drug-likeness (QED) is 0.375. The lowest BCUT2D eigenvalue weighted by molar-refractivity contribution is 0.102. The summed E-state index contributed by atoms with van der Waals surface area (Å²) < 4.78 is 12.0. The highest BCUT2D eigenvalue weighted by molar-refractivity contribution is 6.04. The highest BCUT2D eigenvalue weighted by Gasteiger charge is 2.13. The third-order valence-electron chi connectivity index (χ3n) is 5.37. The number of ether oxygens (including phenoxy) is 2. The summed E-state index contributed by atoms with van der Waals surface area (Å²) in [7, 11) is 3.08. The molecule has 0 saturated heterocycles. The standard InChI is InChI=1S/C26H25N5O4/c1-5-14-27-26-28-16(2)20-11-13-23(32)31(24(20)30-26)19-9-6-17(7-10-19)25(33)29-18-8-12-21(34-3)22(15-18)35-4/h5-13,15H,1,14H2,2-4H3,(H,29,33)(H,27,28,30). The second-order valence-electron chi connectivity index (χ2n) is 7.62. The maximum absolute atomic E-state index is 12.8. The Kier molecular flexibility index (Phi) is 6.77. The zero-order valence-electron chi connectivity index (χ0n) is 19.7. The van der Waals surface area contributed by atoms with Gasteiger partial charge in [-0.05, 0) is 49.4 Å². The average molecular weight is 472 g/mol. The van der Waals surface area contributed by atoms with E-state index in [1.165, 1.54) is 17.7 Å². The minimum absolute atomic E-state index is 0.243. The Bertz CT molecular complexity index is 1460. The zero-order valence-corrected chi connectivity index (χ0v) is 19.7. The Hall–Kier alpha value is -4.66. The fourth-order valence-electron chi connectivity index (χ4n) is 3.64. The molecule has 0 fully saturated rings. The van der Waals surface area contributed by atoms with Gasteiger partial charge in [0.1, 0.15) is 0 Å². The van der Waals surface area contributed by atoms with Crippen molar-refractivity contribution >= 4 is 28.6 Å². The molecule has 35 heavy (non-hydrogen) atoms. The lowest BCUT2D eigenvalue weighted by Crippen LogP contribution is -2.20. The number of nitrogens with one attached hydrogen (secondary N) is 2. The van der Waals surface area contributed by atoms with E-state index in [-0.39, 0.29) is 11.5 Å². The topological polar surface area (TPSA) is 107 Å². The Balaban J connectivity index is 1.65. The van der Waals surface area contributed by atoms with Gasteiger partial charge in [0.15, 0.2) is 17.1 Å². The predicted molar refractivity (Wildman–Crippen MR) is 136 cm³/mol. The number of benzene rings is 2. The average Bonchev–Trinajstić information content (AvgIpc) is 2.87. The number of methoxy groups -OCH3 is 2. The summed E-state index contributed by atoms with van der Waals surface area (Å²) in [5.41, 5.74) is 2.54. The van der Waals surface area contributed by atoms with Crippen molar-refractivity contribution in [3.05, 3.63) is 88.9 Å². The van der Waals surface area contributed by atoms with E-state index in [1.807, 2.05) is 6.92 Å². The van der Waals surface area contributed by atoms with Gasteiger partial charge in [-0.3, -0.25) is 14.2 Å². The molecule has 9 nitrogen and oxygen atoms in total. The van der Waals surface area contributed by atoms with Gasteiger partial charge in [-0.15, -0.1) is 6.58 Å². The van der Waals surface area contributed by atoms with Crippen LogP contribution in [0.5, 0.6) is 11.5 Å². The molecule has 178 valence electrons. The predicted octanol–water partition coefficient (Wildman–Crippen LogP) is 3.96. The van der Waals surface area contributed by atoms with E-state index >= 15 is 0 Å². The molecule has 4 rings (SSSR count). The van der Waals surface area contributed by atoms with Crippen LogP contribution in [0.2, 0.25) is 0 Å². The molecule has 0 aliphatic rings. The number of aromatic nitrogens is 3. The Morgan fingerprint density at radius 1 is 1.03 bits per heavy atom. The van der Waals surface area contributed by atoms with Crippen LogP contribution in [-0.4, -0.2) is 41.2 Å². The Morgan fingerprint density at radius 3 is 2.46 bits per heavy atom. The van der Waals surface area contributed by atoms with Crippen LogP contribution < -0.4 is 25.7 Å². The zero-order chi connectivity index (χ0) is 24.9. The van der Waals surface area contributed by atoms with Crippen LogP contribution in [0.3, 0.4) is 0 Å². The van der Waals surface area contributed by atoms with Crippen molar-refractivity contribution in [1.29, 1.82) is 0 Å². The molecule has 0 aliphatic heterocycles. The van der Waals surface area contributed by atoms with Gasteiger partial charge in [0.2, 0.25) is 5.95 Å². The molecule has 0 aliphatic carbocycles. The summed E-state index contributed by atoms with van der Waals surface area (Å²) in [6, 6.07) is 15.0. The maximum Gasteiger partial charge on any atom is 0.256 e. The molecule has 0 atom stereocenters. The van der Waals surface area contributed by atoms with Crippen LogP contribution in [0.1, 0.15) is 16.1 Å². The summed E-state index contributed by atoms with van der Waals surface area (Å²) in [6.45, 7) is 6.04. The first kappa shape index (κ1) is 23.5. The highest BCUT2D eigenvalue weighted by atomic mass is 16.5. The largest absolute Gasteiger partial charge is 0.493 e. The lowest BCUT2D eigenvalue weighted by atomic mass is 10.1. The molecule has 0 radical (unpaired) electrons. The molecule has 2 aromatic heterocycles. The maximum atomic E-state index is 12.8. The van der Waals surface area contributed by atoms with E-state index in [1.54, 1.807) is 61.7 Å². The summed E-state index contributed by atoms with van der Waals surface area (Å²) in [4.78, 5) is 34.6. The number of aryl methyl sites for hydroxylation is 1. The van der Waals surface area contributed by atoms with Crippen LogP contribution >= 0.6 is 0 Å². The second kappa shape index (κ2) is 10.1. The number of pyridine rings is 1. The van der Waals surface area contributed by atoms with Crippen LogP contribution in [0.25, 0.3) is 16.7 Å². The number of rotatable bonds is 8. The van der Waals surface area contributed by atoms with Crippen molar-refractivity contribution in [1.82, 2.24) is 14.5 Å². The summed E-state index contributed by atoms with van der Waals surface area (Å²) in [6.07, 6.45) is 1.70. The number of hydrogen-bond donors (Lipinski definition) is 2. The Morgan fingerprint density at radius 2 is 1.77 bits per heavy atom. The summed E-state index contributed by atoms with van der Waals surface area (Å²) >= 11 is 0. The molecule has 0 unspecified atom stereocenters. The third kappa shape index (κ3) is 4.84. The molecular weight excluding hydrogens is 446 g/mol. The van der Waals surface area contributed by atoms with E-state index in [2.05, 4.69) is 27.2 Å². The number of carbonyl (C=O) groups is 1. The van der Waals surface area contributed by atoms with E-state index in [0.717, 1.165) is 11.1 Å². The number of carbonyl (C=O) groups excluding carboxylic acids is 1. The van der Waals surface area contributed by atoms with Crippen molar-refractivity contribution in [2.45, 2.75) is 6.92 Å². The molecule has 0 saturated carbocycles. The molecule has 2 heterocycles. The van der Waals surface area contributed by atoms with Crippen LogP contribution in [0.4, 0.5) is 11.6 Å². The van der Waals surface area contributed by atoms with Crippen molar-refractivity contribution in [3.63, 3.8) is 0 Å². The fraction of sp³-hybridized carbons (Fsp3) is 0.154. The molecule has 1 amide bonds. The van der Waals surface area contributed by atoms with Gasteiger partial charge in [0.25, 0.3) is 11.5 Å². The molecule has 9 heteroatoms. The van der Waals surface area contributed by atoms with E-state index in [9.17, 15) is 9.59 Å². The monoisotopic (exact) mass is 471 g/mol. The molecule has 0 bridgehead atoms. The van der Waals surface area contributed by atoms with Gasteiger partial charge in [0, 0.05) is 35.3 Å². The van der Waals surface area contributed by atoms with E-state index in [4.69, 9.17) is 9.47 Å². The first-order valence-electron chi connectivity index (χ1n) is 10.8. The van der Waals surface area contributed by atoms with Gasteiger partial charge >= 0.3 is 0 Å². The van der Waals surface area contributed by atoms with Crippen molar-refractivity contribution in [2.24, 2.45) is 0 Å². The van der Waals surface area contributed by atoms with Gasteiger partial charge < -0.3 is 20.1 Å². The van der Waals surface area contributed by atoms with Crippen LogP contribution in [-0.2, 0) is 0 Å². The first-order chi connectivity index (χ1) is 16.9. The molecule has 0 spiro atoms. The van der Waals surface area contributed by atoms with Gasteiger partial charge in [0.05, 0.1) is 25.6 Å². The fourth-order valence-corrected chi connectivity index (χ4v) is 3.64. The lowest BCUT2D eigenvalue weighted by Gasteiger charge is -2.13. The van der Waals surface area contributed by atoms with E-state index in [0.29, 0.717) is 46.6 Å². The van der Waals surface area contributed by atoms with Crippen molar-refractivity contribution in [3.8, 4) is 17.2 Å². The number of hydrogen-bond acceptors (Lipinski definition) is 7. The minimum atomic E-state index is -0.303. The number of amides is 1. The smallest absolute Gasteiger partial charge is 0.256 e. The SMILES string of the molecule is C=CCNc1nc(C)c2ccc(=O)n(-c3ccc(C(=O)Nc4ccc(OC)c(OC)c4)cc3)c2n1. The number of nitrogens with zero attached hydrogens (tertiary/aromatic N) is 3. The third-order valence-corrected chi connectivity index (χ3v) is 5.37. The van der Waals surface area contributed by atoms with Gasteiger partial charge in [-0.25, -0.2) is 4.98 Å². The molecule has 4 aromatic rings. The highest BCUT2D eigenvalue weighted by Crippen LogP contribution is 2.30. The number of fused-ring (bicyclic) bond motifs is 1. The molecular formula is C26H25N5O4. The second-order valence-corrected chi connectivity index (χ2v) is 7.62. The van der Waals surface area contributed by atoms with Gasteiger partial charge in [-0.2, -0.15) is 4.98 Å². The van der Waals surface area contributed by atoms with Crippen LogP contribution in [0.15, 0.2) is 72.0 Å². The van der Waals surface area contributed by atoms with Crippen molar-refractivity contribution in [2.75, 3.05) is 31.4 Å². The Labute approximate surface area is 202 Å². The van der Waals surface area contributed by atoms with Crippen molar-refractivity contribution < 1.29 is 14.3 Å². The van der Waals surface area contributed by atoms with Crippen LogP contribution in [0, 0.1) is 6.92 Å². The normalized spacial score (nSPS) is 10.6. The van der Waals surface area contributed by atoms with Gasteiger partial charge in [-0.1, -0.05) is 6.08 Å². The summed E-state index contributed by atoms with van der Waals surface area (Å²) in [5.74, 6) is 1.18. The number of anilines is 2. The molecule has 2 N–H and O–H groups in total. The van der Waals surface area contributed by atoms with E-state index < -0.39 is 0 Å².